The van der Waals surface area contributed by atoms with Crippen molar-refractivity contribution in [2.75, 3.05) is 38.8 Å². The number of hydrogen-bond acceptors (Lipinski definition) is 3. The Balaban J connectivity index is 1.56. The number of amides is 2. The molecule has 0 saturated carbocycles. The number of thioether (sulfide) groups is 1. The maximum absolute atomic E-state index is 12.9. The molecule has 0 fully saturated rings. The number of nitrogens with one attached hydrogen (secondary N) is 2. The summed E-state index contributed by atoms with van der Waals surface area (Å²) < 4.78 is 0. The summed E-state index contributed by atoms with van der Waals surface area (Å²) in [5, 5.41) is 2.97. The Morgan fingerprint density at radius 2 is 1.86 bits per heavy atom. The highest BCUT2D eigenvalue weighted by Crippen LogP contribution is 2.33. The fraction of sp³-hybridized carbons (Fsp3) is 0.391. The van der Waals surface area contributed by atoms with E-state index in [1.165, 1.54) is 11.1 Å². The van der Waals surface area contributed by atoms with Crippen LogP contribution in [0.3, 0.4) is 0 Å². The Bertz CT molecular complexity index is 871. The van der Waals surface area contributed by atoms with Crippen LogP contribution in [-0.4, -0.2) is 50.2 Å². The van der Waals surface area contributed by atoms with Gasteiger partial charge in [0.1, 0.15) is 0 Å². The van der Waals surface area contributed by atoms with Gasteiger partial charge in [0.15, 0.2) is 13.1 Å². The van der Waals surface area contributed by atoms with E-state index in [9.17, 15) is 9.59 Å². The van der Waals surface area contributed by atoms with Gasteiger partial charge in [0.25, 0.3) is 11.8 Å². The minimum atomic E-state index is -0.0811. The summed E-state index contributed by atoms with van der Waals surface area (Å²) >= 11 is 1.60. The first kappa shape index (κ1) is 21.4. The molecule has 2 aromatic carbocycles. The van der Waals surface area contributed by atoms with Crippen LogP contribution in [0.5, 0.6) is 0 Å². The van der Waals surface area contributed by atoms with E-state index in [0.29, 0.717) is 6.54 Å². The van der Waals surface area contributed by atoms with Crippen molar-refractivity contribution in [3.05, 3.63) is 59.7 Å². The number of carbonyl (C=O) groups excluding carboxylic acids is 2. The molecule has 6 heteroatoms. The normalized spacial score (nSPS) is 16.6. The average molecular weight is 413 g/mol. The molecule has 2 aromatic rings. The standard InChI is InChI=1S/C23H29N3O2S/c1-25(15-22(27)24-19-12-6-7-14-21(19)29-3)16-23(28)26(2)20-13-8-10-17-9-4-5-11-18(17)20/h4-7,9,11-12,14,20H,8,10,13,15-16H2,1-3H3,(H,24,27)/p+1/t20-/m1/s1. The van der Waals surface area contributed by atoms with Crippen molar-refractivity contribution in [3.8, 4) is 0 Å². The van der Waals surface area contributed by atoms with Crippen LogP contribution in [0.4, 0.5) is 5.69 Å². The number of anilines is 1. The van der Waals surface area contributed by atoms with Crippen LogP contribution in [0.15, 0.2) is 53.4 Å². The number of aryl methyl sites for hydroxylation is 1. The molecule has 0 bridgehead atoms. The van der Waals surface area contributed by atoms with E-state index >= 15 is 0 Å². The average Bonchev–Trinajstić information content (AvgIpc) is 2.72. The van der Waals surface area contributed by atoms with Crippen molar-refractivity contribution >= 4 is 29.3 Å². The first-order chi connectivity index (χ1) is 14.0. The highest BCUT2D eigenvalue weighted by Gasteiger charge is 2.28. The predicted molar refractivity (Wildman–Crippen MR) is 118 cm³/mol. The second-order valence-electron chi connectivity index (χ2n) is 7.67. The molecule has 2 N–H and O–H groups in total. The van der Waals surface area contributed by atoms with Gasteiger partial charge in [-0.25, -0.2) is 0 Å². The van der Waals surface area contributed by atoms with Crippen molar-refractivity contribution < 1.29 is 14.5 Å². The molecule has 2 atom stereocenters. The molecular formula is C23H30N3O2S+. The quantitative estimate of drug-likeness (QED) is 0.687. The Kier molecular flexibility index (Phi) is 7.34. The monoisotopic (exact) mass is 412 g/mol. The van der Waals surface area contributed by atoms with Crippen LogP contribution in [-0.2, 0) is 16.0 Å². The van der Waals surface area contributed by atoms with Crippen molar-refractivity contribution in [2.24, 2.45) is 0 Å². The summed E-state index contributed by atoms with van der Waals surface area (Å²) in [6.07, 6.45) is 5.15. The van der Waals surface area contributed by atoms with Crippen molar-refractivity contribution in [3.63, 3.8) is 0 Å². The molecule has 1 aliphatic carbocycles. The topological polar surface area (TPSA) is 53.9 Å². The molecule has 0 spiro atoms. The Morgan fingerprint density at radius 1 is 1.14 bits per heavy atom. The summed E-state index contributed by atoms with van der Waals surface area (Å²) in [5.41, 5.74) is 3.43. The van der Waals surface area contributed by atoms with Crippen LogP contribution in [0, 0.1) is 0 Å². The third-order valence-corrected chi connectivity index (χ3v) is 6.29. The van der Waals surface area contributed by atoms with Crippen LogP contribution < -0.4 is 10.2 Å². The van der Waals surface area contributed by atoms with E-state index in [4.69, 9.17) is 0 Å². The number of quaternary nitrogens is 1. The molecule has 1 unspecified atom stereocenters. The highest BCUT2D eigenvalue weighted by atomic mass is 32.2. The summed E-state index contributed by atoms with van der Waals surface area (Å²) in [6.45, 7) is 0.552. The van der Waals surface area contributed by atoms with Crippen LogP contribution >= 0.6 is 11.8 Å². The first-order valence-corrected chi connectivity index (χ1v) is 11.3. The van der Waals surface area contributed by atoms with Crippen molar-refractivity contribution in [1.82, 2.24) is 4.90 Å². The first-order valence-electron chi connectivity index (χ1n) is 10.1. The number of hydrogen-bond donors (Lipinski definition) is 2. The number of carbonyl (C=O) groups is 2. The fourth-order valence-corrected chi connectivity index (χ4v) is 4.52. The second kappa shape index (κ2) is 9.94. The van der Waals surface area contributed by atoms with E-state index in [2.05, 4.69) is 23.5 Å². The van der Waals surface area contributed by atoms with Gasteiger partial charge >= 0.3 is 0 Å². The summed E-state index contributed by atoms with van der Waals surface area (Å²) in [7, 11) is 3.78. The number of benzene rings is 2. The minimum absolute atomic E-state index is 0.0708. The minimum Gasteiger partial charge on any atom is -0.334 e. The van der Waals surface area contributed by atoms with Crippen LogP contribution in [0.2, 0.25) is 0 Å². The molecule has 2 amide bonds. The lowest BCUT2D eigenvalue weighted by Crippen LogP contribution is -3.11. The Hall–Kier alpha value is -2.31. The molecule has 0 aromatic heterocycles. The van der Waals surface area contributed by atoms with E-state index < -0.39 is 0 Å². The van der Waals surface area contributed by atoms with Gasteiger partial charge in [-0.05, 0) is 48.8 Å². The SMILES string of the molecule is CSc1ccccc1NC(=O)C[NH+](C)CC(=O)N(C)[C@@H]1CCCc2ccccc21. The number of likely N-dealkylation sites (N-methyl/N-ethyl adjacent to an activating group) is 2. The smallest absolute Gasteiger partial charge is 0.279 e. The van der Waals surface area contributed by atoms with E-state index in [0.717, 1.165) is 34.7 Å². The van der Waals surface area contributed by atoms with Gasteiger partial charge in [-0.3, -0.25) is 9.59 Å². The summed E-state index contributed by atoms with van der Waals surface area (Å²) in [6, 6.07) is 16.3. The van der Waals surface area contributed by atoms with Gasteiger partial charge < -0.3 is 15.1 Å². The largest absolute Gasteiger partial charge is 0.334 e. The fourth-order valence-electron chi connectivity index (χ4n) is 3.97. The molecule has 0 heterocycles. The van der Waals surface area contributed by atoms with Gasteiger partial charge in [0, 0.05) is 11.9 Å². The van der Waals surface area contributed by atoms with Gasteiger partial charge in [-0.15, -0.1) is 11.8 Å². The molecule has 1 aliphatic rings. The molecule has 0 saturated heterocycles. The number of fused-ring (bicyclic) bond motifs is 1. The van der Waals surface area contributed by atoms with E-state index in [1.54, 1.807) is 11.8 Å². The maximum atomic E-state index is 12.9. The zero-order chi connectivity index (χ0) is 20.8. The second-order valence-corrected chi connectivity index (χ2v) is 8.52. The highest BCUT2D eigenvalue weighted by molar-refractivity contribution is 7.98. The van der Waals surface area contributed by atoms with Gasteiger partial charge in [0.2, 0.25) is 0 Å². The third kappa shape index (κ3) is 5.40. The summed E-state index contributed by atoms with van der Waals surface area (Å²) in [4.78, 5) is 29.1. The predicted octanol–water partition coefficient (Wildman–Crippen LogP) is 2.40. The van der Waals surface area contributed by atoms with Gasteiger partial charge in [-0.2, -0.15) is 0 Å². The lowest BCUT2D eigenvalue weighted by Gasteiger charge is -2.33. The van der Waals surface area contributed by atoms with Gasteiger partial charge in [-0.1, -0.05) is 36.4 Å². The number of nitrogens with zero attached hydrogens (tertiary/aromatic N) is 1. The lowest BCUT2D eigenvalue weighted by molar-refractivity contribution is -0.862. The molecule has 0 radical (unpaired) electrons. The lowest BCUT2D eigenvalue weighted by atomic mass is 9.87. The molecule has 3 rings (SSSR count). The summed E-state index contributed by atoms with van der Waals surface area (Å²) in [5.74, 6) is -0.0102. The number of para-hydroxylation sites is 1. The van der Waals surface area contributed by atoms with Crippen LogP contribution in [0.1, 0.15) is 30.0 Å². The zero-order valence-electron chi connectivity index (χ0n) is 17.4. The maximum Gasteiger partial charge on any atom is 0.279 e. The molecule has 5 nitrogen and oxygen atoms in total. The van der Waals surface area contributed by atoms with Crippen molar-refractivity contribution in [2.45, 2.75) is 30.2 Å². The molecule has 154 valence electrons. The Labute approximate surface area is 177 Å². The van der Waals surface area contributed by atoms with Gasteiger partial charge in [0.05, 0.1) is 18.8 Å². The zero-order valence-corrected chi connectivity index (χ0v) is 18.2. The molecular weight excluding hydrogens is 382 g/mol. The molecule has 29 heavy (non-hydrogen) atoms. The van der Waals surface area contributed by atoms with E-state index in [-0.39, 0.29) is 24.4 Å². The Morgan fingerprint density at radius 3 is 2.66 bits per heavy atom. The van der Waals surface area contributed by atoms with Crippen LogP contribution in [0.25, 0.3) is 0 Å². The third-order valence-electron chi connectivity index (χ3n) is 5.50. The van der Waals surface area contributed by atoms with E-state index in [1.807, 2.05) is 55.6 Å². The molecule has 0 aliphatic heterocycles. The number of rotatable bonds is 7. The van der Waals surface area contributed by atoms with Crippen molar-refractivity contribution in [1.29, 1.82) is 0 Å².